The Morgan fingerprint density at radius 3 is 0.717 bits per heavy atom. The Morgan fingerprint density at radius 2 is 0.475 bits per heavy atom. The monoisotopic (exact) mass is 1390 g/mol. The summed E-state index contributed by atoms with van der Waals surface area (Å²) >= 11 is 0. The van der Waals surface area contributed by atoms with Crippen LogP contribution in [0.15, 0.2) is 24.3 Å². The zero-order valence-corrected chi connectivity index (χ0v) is 67.8. The number of amides is 1. The average molecular weight is 1390 g/mol. The van der Waals surface area contributed by atoms with E-state index in [0.29, 0.717) is 25.9 Å². The summed E-state index contributed by atoms with van der Waals surface area (Å²) < 4.78 is 5.53. The molecule has 1 amide bonds. The summed E-state index contributed by atoms with van der Waals surface area (Å²) in [7, 11) is 0. The highest BCUT2D eigenvalue weighted by molar-refractivity contribution is 5.76. The lowest BCUT2D eigenvalue weighted by Crippen LogP contribution is -2.45. The van der Waals surface area contributed by atoms with Crippen molar-refractivity contribution in [1.29, 1.82) is 0 Å². The van der Waals surface area contributed by atoms with Gasteiger partial charge in [-0.2, -0.15) is 0 Å². The van der Waals surface area contributed by atoms with Crippen molar-refractivity contribution in [3.63, 3.8) is 0 Å². The standard InChI is InChI=1S/C93H181NO5/c1-3-5-7-9-11-13-15-17-19-21-23-24-25-43-46-50-53-57-61-65-69-73-77-81-85-91(96)90(89-95)94-92(97)86-82-78-74-70-66-62-58-54-51-47-44-41-39-37-35-33-31-29-27-26-28-30-32-34-36-38-40-42-45-48-52-56-60-64-68-72-76-80-84-88-99-93(98)87-83-79-75-71-67-63-59-55-49-22-20-18-16-14-12-10-8-6-4-2/h18,20,26-27,90-91,95-96H,3-17,19,21-25,28-89H2,1-2H3,(H,94,97)/b20-18-,27-26-. The molecule has 2 unspecified atom stereocenters. The highest BCUT2D eigenvalue weighted by atomic mass is 16.5. The lowest BCUT2D eigenvalue weighted by Gasteiger charge is -2.22. The van der Waals surface area contributed by atoms with Gasteiger partial charge in [-0.15, -0.1) is 0 Å². The predicted molar refractivity (Wildman–Crippen MR) is 440 cm³/mol. The molecule has 0 aliphatic rings. The minimum Gasteiger partial charge on any atom is -0.466 e. The van der Waals surface area contributed by atoms with Crippen LogP contribution < -0.4 is 5.32 Å². The molecule has 0 aliphatic carbocycles. The molecule has 588 valence electrons. The number of carbonyl (C=O) groups is 2. The van der Waals surface area contributed by atoms with Crippen LogP contribution in [0.25, 0.3) is 0 Å². The van der Waals surface area contributed by atoms with E-state index in [0.717, 1.165) is 38.5 Å². The van der Waals surface area contributed by atoms with Crippen molar-refractivity contribution < 1.29 is 24.5 Å². The second-order valence-corrected chi connectivity index (χ2v) is 32.0. The maximum atomic E-state index is 12.6. The molecule has 6 nitrogen and oxygen atoms in total. The van der Waals surface area contributed by atoms with Crippen LogP contribution in [0.5, 0.6) is 0 Å². The molecule has 0 aromatic heterocycles. The van der Waals surface area contributed by atoms with E-state index in [1.165, 1.54) is 462 Å². The number of unbranched alkanes of at least 4 members (excludes halogenated alkanes) is 73. The number of hydrogen-bond donors (Lipinski definition) is 3. The van der Waals surface area contributed by atoms with Gasteiger partial charge in [0, 0.05) is 12.8 Å². The zero-order chi connectivity index (χ0) is 71.2. The molecule has 0 heterocycles. The van der Waals surface area contributed by atoms with Gasteiger partial charge in [0.05, 0.1) is 25.4 Å². The smallest absolute Gasteiger partial charge is 0.305 e. The van der Waals surface area contributed by atoms with Gasteiger partial charge in [-0.1, -0.05) is 468 Å². The molecule has 0 aromatic carbocycles. The van der Waals surface area contributed by atoms with E-state index >= 15 is 0 Å². The van der Waals surface area contributed by atoms with Crippen molar-refractivity contribution in [1.82, 2.24) is 5.32 Å². The van der Waals surface area contributed by atoms with Crippen molar-refractivity contribution in [3.8, 4) is 0 Å². The first kappa shape index (κ1) is 97.3. The maximum absolute atomic E-state index is 12.6. The third-order valence-electron chi connectivity index (χ3n) is 22.0. The van der Waals surface area contributed by atoms with E-state index in [-0.39, 0.29) is 18.5 Å². The summed E-state index contributed by atoms with van der Waals surface area (Å²) in [4.78, 5) is 24.7. The predicted octanol–water partition coefficient (Wildman–Crippen LogP) is 31.1. The van der Waals surface area contributed by atoms with Crippen molar-refractivity contribution in [2.75, 3.05) is 13.2 Å². The van der Waals surface area contributed by atoms with Crippen molar-refractivity contribution in [2.24, 2.45) is 0 Å². The van der Waals surface area contributed by atoms with Crippen LogP contribution in [0.2, 0.25) is 0 Å². The second kappa shape index (κ2) is 88.7. The second-order valence-electron chi connectivity index (χ2n) is 32.0. The average Bonchev–Trinajstić information content (AvgIpc) is 2.01. The molecule has 0 aromatic rings. The van der Waals surface area contributed by atoms with Crippen LogP contribution >= 0.6 is 0 Å². The van der Waals surface area contributed by atoms with Gasteiger partial charge in [0.1, 0.15) is 0 Å². The van der Waals surface area contributed by atoms with Gasteiger partial charge in [0.2, 0.25) is 5.91 Å². The fraction of sp³-hybridized carbons (Fsp3) is 0.935. The molecule has 0 radical (unpaired) electrons. The zero-order valence-electron chi connectivity index (χ0n) is 67.8. The highest BCUT2D eigenvalue weighted by Gasteiger charge is 2.20. The molecule has 0 spiro atoms. The molecule has 0 rings (SSSR count). The Bertz CT molecular complexity index is 1560. The van der Waals surface area contributed by atoms with Gasteiger partial charge in [-0.05, 0) is 77.0 Å². The van der Waals surface area contributed by atoms with Gasteiger partial charge >= 0.3 is 5.97 Å². The molecule has 6 heteroatoms. The molecule has 3 N–H and O–H groups in total. The van der Waals surface area contributed by atoms with Crippen LogP contribution in [0, 0.1) is 0 Å². The number of allylic oxidation sites excluding steroid dienone is 4. The third-order valence-corrected chi connectivity index (χ3v) is 22.0. The lowest BCUT2D eigenvalue weighted by molar-refractivity contribution is -0.143. The number of esters is 1. The van der Waals surface area contributed by atoms with Crippen LogP contribution in [0.4, 0.5) is 0 Å². The molecule has 0 fully saturated rings. The summed E-state index contributed by atoms with van der Waals surface area (Å²) in [6.45, 7) is 5.02. The molecule has 2 atom stereocenters. The summed E-state index contributed by atoms with van der Waals surface area (Å²) in [5.41, 5.74) is 0. The fourth-order valence-corrected chi connectivity index (χ4v) is 15.0. The first-order valence-electron chi connectivity index (χ1n) is 46.1. The van der Waals surface area contributed by atoms with E-state index in [4.69, 9.17) is 4.74 Å². The van der Waals surface area contributed by atoms with Gasteiger partial charge < -0.3 is 20.3 Å². The van der Waals surface area contributed by atoms with Crippen molar-refractivity contribution >= 4 is 11.9 Å². The van der Waals surface area contributed by atoms with Crippen molar-refractivity contribution in [3.05, 3.63) is 24.3 Å². The minimum atomic E-state index is -0.663. The van der Waals surface area contributed by atoms with Gasteiger partial charge in [-0.3, -0.25) is 9.59 Å². The Morgan fingerprint density at radius 1 is 0.273 bits per heavy atom. The number of carbonyl (C=O) groups excluding carboxylic acids is 2. The van der Waals surface area contributed by atoms with E-state index in [1.807, 2.05) is 0 Å². The van der Waals surface area contributed by atoms with Crippen molar-refractivity contribution in [2.45, 2.75) is 546 Å². The van der Waals surface area contributed by atoms with Gasteiger partial charge in [-0.25, -0.2) is 0 Å². The lowest BCUT2D eigenvalue weighted by atomic mass is 10.0. The van der Waals surface area contributed by atoms with Crippen LogP contribution in [0.1, 0.15) is 534 Å². The molecular formula is C93H181NO5. The Balaban J connectivity index is 3.32. The summed E-state index contributed by atoms with van der Waals surface area (Å²) in [5, 5.41) is 23.5. The Labute approximate surface area is 622 Å². The first-order chi connectivity index (χ1) is 49.0. The molecule has 0 bridgehead atoms. The largest absolute Gasteiger partial charge is 0.466 e. The SMILES string of the molecule is CCCCCCCC/C=C\CCCCCCCCCCCC(=O)OCCCCCCCCCCCCCCCCCCCC/C=C\CCCCCCCCCCCCCCCCCCCC(=O)NC(CO)C(O)CCCCCCCCCCCCCCCCCCCCCCCCCC. The maximum Gasteiger partial charge on any atom is 0.305 e. The first-order valence-corrected chi connectivity index (χ1v) is 46.1. The molecule has 99 heavy (non-hydrogen) atoms. The Kier molecular flexibility index (Phi) is 87.2. The van der Waals surface area contributed by atoms with E-state index in [9.17, 15) is 19.8 Å². The third kappa shape index (κ3) is 85.2. The van der Waals surface area contributed by atoms with Gasteiger partial charge in [0.15, 0.2) is 0 Å². The quantitative estimate of drug-likeness (QED) is 0.0320. The number of aliphatic hydroxyl groups is 2. The number of aliphatic hydroxyl groups excluding tert-OH is 2. The van der Waals surface area contributed by atoms with E-state index in [2.05, 4.69) is 43.5 Å². The number of ether oxygens (including phenoxy) is 1. The Hall–Kier alpha value is -1.66. The number of rotatable bonds is 88. The van der Waals surface area contributed by atoms with Crippen LogP contribution in [0.3, 0.4) is 0 Å². The van der Waals surface area contributed by atoms with Gasteiger partial charge in [0.25, 0.3) is 0 Å². The molecule has 0 saturated carbocycles. The summed E-state index contributed by atoms with van der Waals surface area (Å²) in [6.07, 6.45) is 116. The van der Waals surface area contributed by atoms with E-state index < -0.39 is 12.1 Å². The van der Waals surface area contributed by atoms with E-state index in [1.54, 1.807) is 0 Å². The summed E-state index contributed by atoms with van der Waals surface area (Å²) in [5.74, 6) is -0.000525. The summed E-state index contributed by atoms with van der Waals surface area (Å²) in [6, 6.07) is -0.540. The fourth-order valence-electron chi connectivity index (χ4n) is 15.0. The van der Waals surface area contributed by atoms with Crippen LogP contribution in [-0.2, 0) is 14.3 Å². The molecule has 0 saturated heterocycles. The topological polar surface area (TPSA) is 95.9 Å². The normalized spacial score (nSPS) is 12.5. The minimum absolute atomic E-state index is 0.0234. The highest BCUT2D eigenvalue weighted by Crippen LogP contribution is 2.21. The number of hydrogen-bond acceptors (Lipinski definition) is 5. The van der Waals surface area contributed by atoms with Crippen LogP contribution in [-0.4, -0.2) is 47.4 Å². The molecular weight excluding hydrogens is 1210 g/mol. The molecule has 0 aliphatic heterocycles. The number of nitrogens with one attached hydrogen (secondary N) is 1.